The van der Waals surface area contributed by atoms with E-state index in [0.29, 0.717) is 17.1 Å². The third-order valence-corrected chi connectivity index (χ3v) is 6.46. The molecule has 0 bridgehead atoms. The fourth-order valence-corrected chi connectivity index (χ4v) is 4.73. The van der Waals surface area contributed by atoms with Gasteiger partial charge in [0.1, 0.15) is 11.0 Å². The van der Waals surface area contributed by atoms with Crippen LogP contribution in [0.5, 0.6) is 0 Å². The molecule has 10 heteroatoms. The highest BCUT2D eigenvalue weighted by atomic mass is 35.5. The number of nitrogens with zero attached hydrogens (tertiary/aromatic N) is 5. The van der Waals surface area contributed by atoms with Crippen molar-refractivity contribution in [3.8, 4) is 11.4 Å². The van der Waals surface area contributed by atoms with Crippen molar-refractivity contribution in [2.24, 2.45) is 7.05 Å². The van der Waals surface area contributed by atoms with Crippen LogP contribution >= 0.6 is 11.6 Å². The topological polar surface area (TPSA) is 94.7 Å². The van der Waals surface area contributed by atoms with Gasteiger partial charge in [-0.2, -0.15) is 8.42 Å². The lowest BCUT2D eigenvalue weighted by atomic mass is 10.1. The lowest BCUT2D eigenvalue weighted by Gasteiger charge is -2.13. The van der Waals surface area contributed by atoms with Crippen molar-refractivity contribution in [3.05, 3.63) is 41.6 Å². The second-order valence-corrected chi connectivity index (χ2v) is 8.46. The van der Waals surface area contributed by atoms with Crippen LogP contribution in [0.2, 0.25) is 5.15 Å². The Bertz CT molecular complexity index is 1090. The Labute approximate surface area is 162 Å². The van der Waals surface area contributed by atoms with Gasteiger partial charge >= 0.3 is 0 Å². The molecule has 142 valence electrons. The van der Waals surface area contributed by atoms with E-state index >= 15 is 0 Å². The highest BCUT2D eigenvalue weighted by Crippen LogP contribution is 2.31. The quantitative estimate of drug-likeness (QED) is 0.718. The van der Waals surface area contributed by atoms with Crippen molar-refractivity contribution in [1.82, 2.24) is 24.3 Å². The normalized spacial score (nSPS) is 14.6. The van der Waals surface area contributed by atoms with Gasteiger partial charge in [-0.3, -0.25) is 4.72 Å². The van der Waals surface area contributed by atoms with E-state index in [1.54, 1.807) is 19.2 Å². The maximum atomic E-state index is 12.8. The van der Waals surface area contributed by atoms with Crippen molar-refractivity contribution >= 4 is 27.3 Å². The summed E-state index contributed by atoms with van der Waals surface area (Å²) in [7, 11) is -2.30. The molecule has 0 radical (unpaired) electrons. The molecule has 0 unspecified atom stereocenters. The summed E-state index contributed by atoms with van der Waals surface area (Å²) in [5, 5.41) is 8.48. The maximum absolute atomic E-state index is 12.8. The van der Waals surface area contributed by atoms with E-state index in [2.05, 4.69) is 24.5 Å². The average molecular weight is 407 g/mol. The Hall–Kier alpha value is -2.39. The summed E-state index contributed by atoms with van der Waals surface area (Å²) in [4.78, 5) is 3.91. The molecule has 0 fully saturated rings. The number of rotatable bonds is 4. The third kappa shape index (κ3) is 3.32. The number of nitrogens with one attached hydrogen (secondary N) is 1. The van der Waals surface area contributed by atoms with Gasteiger partial charge in [-0.25, -0.2) is 4.98 Å². The highest BCUT2D eigenvalue weighted by molar-refractivity contribution is 7.92. The van der Waals surface area contributed by atoms with Gasteiger partial charge in [-0.15, -0.1) is 10.2 Å². The summed E-state index contributed by atoms with van der Waals surface area (Å²) < 4.78 is 31.7. The van der Waals surface area contributed by atoms with Crippen molar-refractivity contribution in [2.45, 2.75) is 37.3 Å². The fraction of sp³-hybridized carbons (Fsp3) is 0.353. The molecule has 1 N–H and O–H groups in total. The van der Waals surface area contributed by atoms with Crippen molar-refractivity contribution < 1.29 is 8.42 Å². The monoisotopic (exact) mass is 406 g/mol. The summed E-state index contributed by atoms with van der Waals surface area (Å²) in [6.45, 7) is 0.824. The highest BCUT2D eigenvalue weighted by Gasteiger charge is 2.25. The van der Waals surface area contributed by atoms with Crippen LogP contribution in [0.25, 0.3) is 11.4 Å². The van der Waals surface area contributed by atoms with Gasteiger partial charge in [0.2, 0.25) is 5.03 Å². The van der Waals surface area contributed by atoms with E-state index in [0.717, 1.165) is 38.1 Å². The van der Waals surface area contributed by atoms with Crippen LogP contribution in [0.1, 0.15) is 25.1 Å². The van der Waals surface area contributed by atoms with Crippen LogP contribution in [0.3, 0.4) is 0 Å². The molecular weight excluding hydrogens is 388 g/mol. The van der Waals surface area contributed by atoms with Crippen LogP contribution < -0.4 is 4.72 Å². The van der Waals surface area contributed by atoms with Gasteiger partial charge in [0.05, 0.1) is 12.0 Å². The number of benzene rings is 1. The third-order valence-electron chi connectivity index (χ3n) is 4.61. The second-order valence-electron chi connectivity index (χ2n) is 6.50. The molecule has 0 atom stereocenters. The Morgan fingerprint density at radius 3 is 2.74 bits per heavy atom. The molecule has 0 spiro atoms. The van der Waals surface area contributed by atoms with E-state index in [1.807, 2.05) is 12.1 Å². The van der Waals surface area contributed by atoms with Crippen molar-refractivity contribution in [1.29, 1.82) is 0 Å². The average Bonchev–Trinajstić information content (AvgIpc) is 3.10. The number of aryl methyl sites for hydroxylation is 2. The van der Waals surface area contributed by atoms with E-state index in [4.69, 9.17) is 11.6 Å². The number of anilines is 1. The number of fused-ring (bicyclic) bond motifs is 1. The SMILES string of the molecule is Cn1cnc(S(=O)(=O)Nc2ccccc2-c2nnc3n2CCCCC3)c1Cl. The molecule has 27 heavy (non-hydrogen) atoms. The zero-order valence-corrected chi connectivity index (χ0v) is 16.3. The molecule has 1 aromatic carbocycles. The zero-order chi connectivity index (χ0) is 19.0. The molecule has 2 aromatic heterocycles. The molecule has 1 aliphatic rings. The molecule has 3 aromatic rings. The lowest BCUT2D eigenvalue weighted by molar-refractivity contribution is 0.598. The zero-order valence-electron chi connectivity index (χ0n) is 14.8. The van der Waals surface area contributed by atoms with Gasteiger partial charge in [0.25, 0.3) is 10.0 Å². The first-order chi connectivity index (χ1) is 13.0. The maximum Gasteiger partial charge on any atom is 0.282 e. The minimum absolute atomic E-state index is 0.0522. The Morgan fingerprint density at radius 1 is 1.15 bits per heavy atom. The minimum atomic E-state index is -3.94. The standard InChI is InChI=1S/C17H19ClN6O2S/c1-23-11-19-17(15(23)18)27(25,26)22-13-8-5-4-7-12(13)16-21-20-14-9-3-2-6-10-24(14)16/h4-5,7-8,11,22H,2-3,6,9-10H2,1H3. The van der Waals surface area contributed by atoms with Crippen molar-refractivity contribution in [2.75, 3.05) is 4.72 Å². The Balaban J connectivity index is 1.75. The molecule has 3 heterocycles. The van der Waals surface area contributed by atoms with Crippen LogP contribution in [0, 0.1) is 0 Å². The number of imidazole rings is 1. The van der Waals surface area contributed by atoms with Gasteiger partial charge in [0.15, 0.2) is 5.82 Å². The summed E-state index contributed by atoms with van der Waals surface area (Å²) in [5.74, 6) is 1.60. The molecule has 0 saturated carbocycles. The second kappa shape index (κ2) is 6.97. The molecule has 1 aliphatic heterocycles. The summed E-state index contributed by atoms with van der Waals surface area (Å²) in [5.41, 5.74) is 1.09. The minimum Gasteiger partial charge on any atom is -0.324 e. The first-order valence-corrected chi connectivity index (χ1v) is 10.5. The van der Waals surface area contributed by atoms with Crippen LogP contribution in [-0.4, -0.2) is 32.7 Å². The van der Waals surface area contributed by atoms with E-state index in [9.17, 15) is 8.42 Å². The Morgan fingerprint density at radius 2 is 1.96 bits per heavy atom. The fourth-order valence-electron chi connectivity index (χ4n) is 3.22. The van der Waals surface area contributed by atoms with Gasteiger partial charge in [-0.05, 0) is 25.0 Å². The summed E-state index contributed by atoms with van der Waals surface area (Å²) >= 11 is 6.07. The van der Waals surface area contributed by atoms with Gasteiger partial charge in [0, 0.05) is 25.6 Å². The van der Waals surface area contributed by atoms with E-state index < -0.39 is 10.0 Å². The van der Waals surface area contributed by atoms with Crippen LogP contribution in [0.4, 0.5) is 5.69 Å². The summed E-state index contributed by atoms with van der Waals surface area (Å²) in [6.07, 6.45) is 5.53. The number of halogens is 1. The van der Waals surface area contributed by atoms with Crippen LogP contribution in [0.15, 0.2) is 35.6 Å². The van der Waals surface area contributed by atoms with Gasteiger partial charge < -0.3 is 9.13 Å². The summed E-state index contributed by atoms with van der Waals surface area (Å²) in [6, 6.07) is 7.14. The van der Waals surface area contributed by atoms with E-state index in [1.165, 1.54) is 10.9 Å². The molecule has 0 saturated heterocycles. The van der Waals surface area contributed by atoms with Crippen LogP contribution in [-0.2, 0) is 30.0 Å². The molecule has 0 aliphatic carbocycles. The first-order valence-electron chi connectivity index (χ1n) is 8.68. The smallest absolute Gasteiger partial charge is 0.282 e. The predicted molar refractivity (Wildman–Crippen MR) is 102 cm³/mol. The predicted octanol–water partition coefficient (Wildman–Crippen LogP) is 2.86. The Kier molecular flexibility index (Phi) is 4.65. The number of sulfonamides is 1. The van der Waals surface area contributed by atoms with E-state index in [-0.39, 0.29) is 10.2 Å². The van der Waals surface area contributed by atoms with Gasteiger partial charge in [-0.1, -0.05) is 30.2 Å². The number of hydrogen-bond donors (Lipinski definition) is 1. The largest absolute Gasteiger partial charge is 0.324 e. The molecular formula is C17H19ClN6O2S. The number of hydrogen-bond acceptors (Lipinski definition) is 5. The lowest BCUT2D eigenvalue weighted by Crippen LogP contribution is -2.15. The van der Waals surface area contributed by atoms with Crippen molar-refractivity contribution in [3.63, 3.8) is 0 Å². The molecule has 4 rings (SSSR count). The first kappa shape index (κ1) is 18.0. The number of aromatic nitrogens is 5. The number of para-hydroxylation sites is 1. The molecule has 8 nitrogen and oxygen atoms in total. The molecule has 0 amide bonds.